The first kappa shape index (κ1) is 13.6. The molecule has 1 N–H and O–H groups in total. The second kappa shape index (κ2) is 6.41. The number of nitrogens with one attached hydrogen (secondary N) is 1. The minimum atomic E-state index is -0.197. The molecule has 0 aliphatic heterocycles. The highest BCUT2D eigenvalue weighted by Gasteiger charge is 2.03. The Hall–Kier alpha value is -1.78. The molecule has 0 atom stereocenters. The van der Waals surface area contributed by atoms with Crippen molar-refractivity contribution in [3.8, 4) is 6.07 Å². The molecule has 1 amide bonds. The molecule has 2 aromatic rings. The fourth-order valence-corrected chi connectivity index (χ4v) is 2.94. The monoisotopic (exact) mass is 292 g/mol. The average Bonchev–Trinajstić information content (AvgIpc) is 2.74. The molecule has 98 valence electrons. The maximum absolute atomic E-state index is 11.5. The number of hydrogen-bond donors (Lipinski definition) is 1. The van der Waals surface area contributed by atoms with Crippen LogP contribution in [0.15, 0.2) is 29.4 Å². The van der Waals surface area contributed by atoms with Crippen molar-refractivity contribution in [2.24, 2.45) is 12.1 Å². The van der Waals surface area contributed by atoms with Crippen molar-refractivity contribution in [3.05, 3.63) is 29.1 Å². The van der Waals surface area contributed by atoms with Gasteiger partial charge in [-0.05, 0) is 12.1 Å². The van der Waals surface area contributed by atoms with Gasteiger partial charge < -0.3 is 4.57 Å². The van der Waals surface area contributed by atoms with E-state index in [4.69, 9.17) is 5.26 Å². The molecule has 0 spiro atoms. The van der Waals surface area contributed by atoms with Crippen LogP contribution in [0.3, 0.4) is 0 Å². The molecule has 0 bridgehead atoms. The van der Waals surface area contributed by atoms with E-state index in [1.54, 1.807) is 0 Å². The molecule has 0 saturated carbocycles. The fraction of sp³-hybridized carbons (Fsp3) is 0.250. The predicted octanol–water partition coefficient (Wildman–Crippen LogP) is 1.43. The molecule has 0 fully saturated rings. The third kappa shape index (κ3) is 3.36. The van der Waals surface area contributed by atoms with E-state index in [9.17, 15) is 4.79 Å². The lowest BCUT2D eigenvalue weighted by atomic mass is 10.3. The molecule has 0 unspecified atom stereocenters. The molecule has 19 heavy (non-hydrogen) atoms. The minimum Gasteiger partial charge on any atom is -0.318 e. The van der Waals surface area contributed by atoms with Crippen LogP contribution in [0.2, 0.25) is 0 Å². The number of aryl methyl sites for hydroxylation is 1. The van der Waals surface area contributed by atoms with Crippen LogP contribution in [0.1, 0.15) is 0 Å². The van der Waals surface area contributed by atoms with Gasteiger partial charge in [0.1, 0.15) is 0 Å². The van der Waals surface area contributed by atoms with Crippen LogP contribution in [0, 0.1) is 11.3 Å². The predicted molar refractivity (Wildman–Crippen MR) is 77.4 cm³/mol. The Balaban J connectivity index is 2.12. The summed E-state index contributed by atoms with van der Waals surface area (Å²) in [5.41, 5.74) is 3.59. The Bertz CT molecular complexity index is 696. The summed E-state index contributed by atoms with van der Waals surface area (Å²) in [7, 11) is 1.91. The van der Waals surface area contributed by atoms with Gasteiger partial charge in [-0.2, -0.15) is 5.26 Å². The van der Waals surface area contributed by atoms with Crippen molar-refractivity contribution in [2.75, 3.05) is 11.5 Å². The van der Waals surface area contributed by atoms with Crippen LogP contribution in [0.4, 0.5) is 0 Å². The Morgan fingerprint density at radius 1 is 1.58 bits per heavy atom. The van der Waals surface area contributed by atoms with Gasteiger partial charge in [0.15, 0.2) is 0 Å². The van der Waals surface area contributed by atoms with Gasteiger partial charge in [-0.15, -0.1) is 16.9 Å². The third-order valence-corrected chi connectivity index (χ3v) is 4.30. The summed E-state index contributed by atoms with van der Waals surface area (Å²) in [6.07, 6.45) is 0. The van der Waals surface area contributed by atoms with Crippen LogP contribution in [0.25, 0.3) is 10.2 Å². The van der Waals surface area contributed by atoms with Crippen molar-refractivity contribution < 1.29 is 4.79 Å². The number of benzene rings is 1. The number of fused-ring (bicyclic) bond motifs is 1. The van der Waals surface area contributed by atoms with Crippen molar-refractivity contribution in [3.63, 3.8) is 0 Å². The zero-order valence-corrected chi connectivity index (χ0v) is 11.9. The number of carbonyl (C=O) groups excluding carboxylic acids is 1. The highest BCUT2D eigenvalue weighted by molar-refractivity contribution is 8.00. The molecule has 0 aliphatic carbocycles. The van der Waals surface area contributed by atoms with E-state index in [1.165, 1.54) is 23.1 Å². The molecule has 7 heteroatoms. The molecular weight excluding hydrogens is 280 g/mol. The summed E-state index contributed by atoms with van der Waals surface area (Å²) in [5.74, 6) is 0.355. The number of thiazole rings is 1. The third-order valence-electron chi connectivity index (χ3n) is 2.39. The average molecular weight is 292 g/mol. The van der Waals surface area contributed by atoms with E-state index in [-0.39, 0.29) is 11.7 Å². The van der Waals surface area contributed by atoms with E-state index >= 15 is 0 Å². The van der Waals surface area contributed by atoms with Gasteiger partial charge in [0.25, 0.3) is 0 Å². The van der Waals surface area contributed by atoms with Gasteiger partial charge in [-0.3, -0.25) is 4.79 Å². The lowest BCUT2D eigenvalue weighted by Crippen LogP contribution is -2.24. The zero-order chi connectivity index (χ0) is 13.7. The quantitative estimate of drug-likeness (QED) is 0.684. The van der Waals surface area contributed by atoms with Crippen LogP contribution < -0.4 is 10.2 Å². The number of amides is 1. The summed E-state index contributed by atoms with van der Waals surface area (Å²) in [6.45, 7) is 0. The Morgan fingerprint density at radius 2 is 2.37 bits per heavy atom. The number of carbonyl (C=O) groups is 1. The lowest BCUT2D eigenvalue weighted by Gasteiger charge is -1.97. The van der Waals surface area contributed by atoms with E-state index in [1.807, 2.05) is 41.9 Å². The maximum atomic E-state index is 11.5. The second-order valence-corrected chi connectivity index (χ2v) is 5.70. The first-order chi connectivity index (χ1) is 9.22. The first-order valence-electron chi connectivity index (χ1n) is 5.54. The highest BCUT2D eigenvalue weighted by Crippen LogP contribution is 2.14. The molecule has 0 aliphatic rings. The number of nitriles is 1. The van der Waals surface area contributed by atoms with Crippen LogP contribution in [-0.4, -0.2) is 22.0 Å². The zero-order valence-electron chi connectivity index (χ0n) is 10.3. The Labute approximate surface area is 118 Å². The number of nitrogens with zero attached hydrogens (tertiary/aromatic N) is 3. The van der Waals surface area contributed by atoms with Crippen LogP contribution in [0.5, 0.6) is 0 Å². The van der Waals surface area contributed by atoms with Gasteiger partial charge >= 0.3 is 0 Å². The number of rotatable bonds is 4. The molecule has 1 aromatic carbocycles. The van der Waals surface area contributed by atoms with Gasteiger partial charge in [-0.1, -0.05) is 23.5 Å². The van der Waals surface area contributed by atoms with Crippen molar-refractivity contribution >= 4 is 39.2 Å². The number of para-hydroxylation sites is 1. The Morgan fingerprint density at radius 3 is 3.11 bits per heavy atom. The summed E-state index contributed by atoms with van der Waals surface area (Å²) >= 11 is 2.79. The SMILES string of the molecule is Cn1/c(=N/NC(=O)CSCC#N)sc2ccccc21. The first-order valence-corrected chi connectivity index (χ1v) is 7.51. The van der Waals surface area contributed by atoms with Gasteiger partial charge in [0.2, 0.25) is 10.7 Å². The summed E-state index contributed by atoms with van der Waals surface area (Å²) < 4.78 is 3.06. The minimum absolute atomic E-state index is 0.197. The summed E-state index contributed by atoms with van der Waals surface area (Å²) in [6, 6.07) is 9.94. The Kier molecular flexibility index (Phi) is 4.60. The van der Waals surface area contributed by atoms with Gasteiger partial charge in [0.05, 0.1) is 27.8 Å². The van der Waals surface area contributed by atoms with Crippen LogP contribution in [-0.2, 0) is 11.8 Å². The van der Waals surface area contributed by atoms with Crippen molar-refractivity contribution in [1.82, 2.24) is 9.99 Å². The summed E-state index contributed by atoms with van der Waals surface area (Å²) in [4.78, 5) is 12.2. The normalized spacial score (nSPS) is 11.5. The number of thioether (sulfide) groups is 1. The molecular formula is C12H12N4OS2. The van der Waals surface area contributed by atoms with E-state index < -0.39 is 0 Å². The second-order valence-electron chi connectivity index (χ2n) is 3.71. The standard InChI is InChI=1S/C12H12N4OS2/c1-16-9-4-2-3-5-10(9)19-12(16)15-14-11(17)8-18-7-6-13/h2-5H,7-8H2,1H3,(H,14,17)/b15-12-. The smallest absolute Gasteiger partial charge is 0.250 e. The lowest BCUT2D eigenvalue weighted by molar-refractivity contribution is -0.118. The largest absolute Gasteiger partial charge is 0.318 e. The van der Waals surface area contributed by atoms with Gasteiger partial charge in [-0.25, -0.2) is 5.43 Å². The molecule has 2 rings (SSSR count). The highest BCUT2D eigenvalue weighted by atomic mass is 32.2. The summed E-state index contributed by atoms with van der Waals surface area (Å²) in [5, 5.41) is 12.5. The fourth-order valence-electron chi connectivity index (χ4n) is 1.52. The van der Waals surface area contributed by atoms with E-state index in [0.29, 0.717) is 5.75 Å². The maximum Gasteiger partial charge on any atom is 0.250 e. The van der Waals surface area contributed by atoms with E-state index in [0.717, 1.165) is 15.0 Å². The number of aromatic nitrogens is 1. The van der Waals surface area contributed by atoms with E-state index in [2.05, 4.69) is 10.5 Å². The number of hydrogen-bond acceptors (Lipinski definition) is 5. The van der Waals surface area contributed by atoms with Crippen molar-refractivity contribution in [2.45, 2.75) is 0 Å². The van der Waals surface area contributed by atoms with Crippen LogP contribution >= 0.6 is 23.1 Å². The topological polar surface area (TPSA) is 70.2 Å². The van der Waals surface area contributed by atoms with Crippen molar-refractivity contribution in [1.29, 1.82) is 5.26 Å². The molecule has 1 aromatic heterocycles. The molecule has 0 radical (unpaired) electrons. The van der Waals surface area contributed by atoms with Gasteiger partial charge in [0, 0.05) is 7.05 Å². The molecule has 0 saturated heterocycles. The molecule has 5 nitrogen and oxygen atoms in total. The molecule has 1 heterocycles.